The highest BCUT2D eigenvalue weighted by atomic mass is 35.5. The predicted molar refractivity (Wildman–Crippen MR) is 156 cm³/mol. The number of hydrogen-bond acceptors (Lipinski definition) is 6. The Labute approximate surface area is 249 Å². The molecule has 2 atom stereocenters. The number of ether oxygens (including phenoxy) is 1. The molecule has 41 heavy (non-hydrogen) atoms. The van der Waals surface area contributed by atoms with Gasteiger partial charge < -0.3 is 14.9 Å². The lowest BCUT2D eigenvalue weighted by molar-refractivity contribution is -0.150. The monoisotopic (exact) mass is 604 g/mol. The number of carbonyl (C=O) groups is 3. The molecule has 0 fully saturated rings. The number of esters is 1. The zero-order chi connectivity index (χ0) is 30.2. The van der Waals surface area contributed by atoms with Crippen LogP contribution in [-0.2, 0) is 9.53 Å². The summed E-state index contributed by atoms with van der Waals surface area (Å²) >= 11 is 12.3. The van der Waals surface area contributed by atoms with Crippen molar-refractivity contribution in [3.8, 4) is 0 Å². The largest absolute Gasteiger partial charge is 0.465 e. The summed E-state index contributed by atoms with van der Waals surface area (Å²) in [7, 11) is 0. The molecule has 0 amide bonds. The highest BCUT2D eigenvalue weighted by Gasteiger charge is 2.49. The molecule has 0 spiro atoms. The Morgan fingerprint density at radius 1 is 0.902 bits per heavy atom. The Hall–Kier alpha value is -2.84. The molecule has 0 bridgehead atoms. The molecule has 3 rings (SSSR count). The van der Waals surface area contributed by atoms with E-state index in [0.717, 1.165) is 56.0 Å². The Morgan fingerprint density at radius 2 is 1.54 bits per heavy atom. The van der Waals surface area contributed by atoms with Crippen molar-refractivity contribution in [3.05, 3.63) is 93.3 Å². The Bertz CT molecular complexity index is 1320. The number of Topliss-reactive ketones (excluding diaryl/α,β-unsaturated/α-hetero) is 2. The van der Waals surface area contributed by atoms with Gasteiger partial charge in [0.05, 0.1) is 17.5 Å². The van der Waals surface area contributed by atoms with E-state index in [-0.39, 0.29) is 33.4 Å². The highest BCUT2D eigenvalue weighted by molar-refractivity contribution is 6.38. The Kier molecular flexibility index (Phi) is 11.4. The molecular weight excluding hydrogens is 570 g/mol. The zero-order valence-electron chi connectivity index (χ0n) is 23.2. The minimum atomic E-state index is -2.64. The van der Waals surface area contributed by atoms with E-state index < -0.39 is 40.5 Å². The standard InChI is InChI=1S/C32H35Cl2FO6/c1-3-4-5-6-7-8-9-18-41-30(38)21(2)26-20-31(16-17-32(26,39)40,28(36)22-10-13-24(35)14-11-22)29(37)25-15-12-23(33)19-27(25)34/h10-17,19-21,39-40H,3-9,18H2,1-2H3. The second-order valence-electron chi connectivity index (χ2n) is 10.3. The molecule has 2 aromatic rings. The van der Waals surface area contributed by atoms with Crippen molar-refractivity contribution in [1.29, 1.82) is 0 Å². The summed E-state index contributed by atoms with van der Waals surface area (Å²) in [5.41, 5.74) is -2.50. The van der Waals surface area contributed by atoms with Gasteiger partial charge in [0.2, 0.25) is 5.79 Å². The van der Waals surface area contributed by atoms with E-state index >= 15 is 0 Å². The maximum Gasteiger partial charge on any atom is 0.313 e. The van der Waals surface area contributed by atoms with Gasteiger partial charge in [-0.25, -0.2) is 4.39 Å². The first-order valence-electron chi connectivity index (χ1n) is 13.8. The fourth-order valence-corrected chi connectivity index (χ4v) is 5.29. The minimum absolute atomic E-state index is 0.0115. The summed E-state index contributed by atoms with van der Waals surface area (Å²) in [5.74, 6) is -6.74. The number of unbranched alkanes of at least 4 members (excludes halogenated alkanes) is 6. The van der Waals surface area contributed by atoms with E-state index in [4.69, 9.17) is 27.9 Å². The third-order valence-corrected chi connectivity index (χ3v) is 7.78. The quantitative estimate of drug-likeness (QED) is 0.0586. The molecule has 9 heteroatoms. The van der Waals surface area contributed by atoms with Crippen molar-refractivity contribution in [2.45, 2.75) is 64.6 Å². The third-order valence-electron chi connectivity index (χ3n) is 7.23. The Morgan fingerprint density at radius 3 is 2.17 bits per heavy atom. The van der Waals surface area contributed by atoms with E-state index in [1.807, 2.05) is 0 Å². The van der Waals surface area contributed by atoms with Gasteiger partial charge in [-0.05, 0) is 61.9 Å². The number of hydrogen-bond donors (Lipinski definition) is 2. The third kappa shape index (κ3) is 7.92. The van der Waals surface area contributed by atoms with Crippen LogP contribution in [0.4, 0.5) is 4.39 Å². The van der Waals surface area contributed by atoms with Crippen molar-refractivity contribution in [3.63, 3.8) is 0 Å². The number of carbonyl (C=O) groups excluding carboxylic acids is 3. The van der Waals surface area contributed by atoms with E-state index in [1.54, 1.807) is 0 Å². The number of allylic oxidation sites excluding steroid dienone is 2. The van der Waals surface area contributed by atoms with Crippen LogP contribution >= 0.6 is 23.2 Å². The van der Waals surface area contributed by atoms with E-state index in [1.165, 1.54) is 50.1 Å². The van der Waals surface area contributed by atoms with Crippen LogP contribution in [0, 0.1) is 17.2 Å². The van der Waals surface area contributed by atoms with E-state index in [2.05, 4.69) is 6.92 Å². The van der Waals surface area contributed by atoms with Gasteiger partial charge in [-0.15, -0.1) is 0 Å². The van der Waals surface area contributed by atoms with Crippen LogP contribution in [-0.4, -0.2) is 40.1 Å². The normalized spacial score (nSPS) is 18.5. The first-order chi connectivity index (χ1) is 19.4. The van der Waals surface area contributed by atoms with Crippen LogP contribution in [0.25, 0.3) is 0 Å². The Balaban J connectivity index is 1.94. The predicted octanol–water partition coefficient (Wildman–Crippen LogP) is 7.29. The van der Waals surface area contributed by atoms with Crippen molar-refractivity contribution < 1.29 is 33.7 Å². The van der Waals surface area contributed by atoms with E-state index in [9.17, 15) is 29.0 Å². The van der Waals surface area contributed by atoms with Crippen molar-refractivity contribution >= 4 is 40.7 Å². The van der Waals surface area contributed by atoms with Gasteiger partial charge in [0.1, 0.15) is 11.2 Å². The molecule has 6 nitrogen and oxygen atoms in total. The molecule has 220 valence electrons. The van der Waals surface area contributed by atoms with Gasteiger partial charge in [-0.3, -0.25) is 14.4 Å². The number of rotatable bonds is 14. The molecular formula is C32H35Cl2FO6. The number of aliphatic hydroxyl groups is 2. The molecule has 0 aromatic heterocycles. The van der Waals surface area contributed by atoms with Gasteiger partial charge in [-0.1, -0.05) is 80.8 Å². The average molecular weight is 606 g/mol. The first kappa shape index (κ1) is 32.7. The summed E-state index contributed by atoms with van der Waals surface area (Å²) in [6.07, 6.45) is 10.2. The van der Waals surface area contributed by atoms with Crippen molar-refractivity contribution in [1.82, 2.24) is 0 Å². The molecule has 2 unspecified atom stereocenters. The van der Waals surface area contributed by atoms with Crippen LogP contribution in [0.1, 0.15) is 79.5 Å². The molecule has 0 aliphatic heterocycles. The number of ketones is 2. The summed E-state index contributed by atoms with van der Waals surface area (Å²) < 4.78 is 19.0. The lowest BCUT2D eigenvalue weighted by Gasteiger charge is -2.35. The smallest absolute Gasteiger partial charge is 0.313 e. The zero-order valence-corrected chi connectivity index (χ0v) is 24.7. The van der Waals surface area contributed by atoms with Crippen molar-refractivity contribution in [2.75, 3.05) is 6.61 Å². The van der Waals surface area contributed by atoms with Crippen LogP contribution in [0.3, 0.4) is 0 Å². The van der Waals surface area contributed by atoms with Crippen LogP contribution in [0.5, 0.6) is 0 Å². The molecule has 0 saturated heterocycles. The maximum absolute atomic E-state index is 14.0. The number of benzene rings is 2. The van der Waals surface area contributed by atoms with Crippen LogP contribution in [0.2, 0.25) is 10.0 Å². The second kappa shape index (κ2) is 14.4. The molecule has 0 radical (unpaired) electrons. The molecule has 2 N–H and O–H groups in total. The molecule has 1 aliphatic carbocycles. The van der Waals surface area contributed by atoms with Gasteiger partial charge >= 0.3 is 5.97 Å². The maximum atomic E-state index is 14.0. The first-order valence-corrected chi connectivity index (χ1v) is 14.5. The number of halogens is 3. The minimum Gasteiger partial charge on any atom is -0.465 e. The fraction of sp³-hybridized carbons (Fsp3) is 0.406. The second-order valence-corrected chi connectivity index (χ2v) is 11.2. The summed E-state index contributed by atoms with van der Waals surface area (Å²) in [6, 6.07) is 8.71. The van der Waals surface area contributed by atoms with Gasteiger partial charge in [-0.2, -0.15) is 0 Å². The lowest BCUT2D eigenvalue weighted by atomic mass is 9.68. The molecule has 0 saturated carbocycles. The molecule has 2 aromatic carbocycles. The van der Waals surface area contributed by atoms with E-state index in [0.29, 0.717) is 6.42 Å². The van der Waals surface area contributed by atoms with Gasteiger partial charge in [0.15, 0.2) is 11.6 Å². The highest BCUT2D eigenvalue weighted by Crippen LogP contribution is 2.42. The topological polar surface area (TPSA) is 101 Å². The summed E-state index contributed by atoms with van der Waals surface area (Å²) in [4.78, 5) is 40.9. The molecule has 1 aliphatic rings. The fourth-order valence-electron chi connectivity index (χ4n) is 4.79. The van der Waals surface area contributed by atoms with Crippen LogP contribution in [0.15, 0.2) is 66.3 Å². The average Bonchev–Trinajstić information content (AvgIpc) is 2.94. The van der Waals surface area contributed by atoms with Gasteiger partial charge in [0, 0.05) is 21.7 Å². The van der Waals surface area contributed by atoms with Gasteiger partial charge in [0.25, 0.3) is 0 Å². The SMILES string of the molecule is CCCCCCCCCOC(=O)C(C)C1=CC(C(=O)c2ccc(F)cc2)(C(=O)c2ccc(Cl)cc2Cl)C=CC1(O)O. The van der Waals surface area contributed by atoms with Crippen molar-refractivity contribution in [2.24, 2.45) is 11.3 Å². The summed E-state index contributed by atoms with van der Waals surface area (Å²) in [5, 5.41) is 21.9. The van der Waals surface area contributed by atoms with Crippen LogP contribution < -0.4 is 0 Å². The summed E-state index contributed by atoms with van der Waals surface area (Å²) in [6.45, 7) is 3.71. The molecule has 0 heterocycles. The lowest BCUT2D eigenvalue weighted by Crippen LogP contribution is -2.45.